The number of pyridine rings is 1. The van der Waals surface area contributed by atoms with E-state index in [2.05, 4.69) is 33.5 Å². The van der Waals surface area contributed by atoms with Crippen molar-refractivity contribution in [1.29, 1.82) is 0 Å². The summed E-state index contributed by atoms with van der Waals surface area (Å²) in [6, 6.07) is 12.1. The van der Waals surface area contributed by atoms with Crippen LogP contribution in [0.15, 0.2) is 60.8 Å². The minimum atomic E-state index is -1.04. The molecule has 2 N–H and O–H groups in total. The number of aromatic nitrogens is 3. The van der Waals surface area contributed by atoms with Gasteiger partial charge in [-0.15, -0.1) is 10.2 Å². The lowest BCUT2D eigenvalue weighted by Crippen LogP contribution is -2.60. The highest BCUT2D eigenvalue weighted by Gasteiger charge is 2.46. The Hall–Kier alpha value is -3.52. The maximum Gasteiger partial charge on any atom is 0.213 e. The molecule has 1 saturated heterocycles. The highest BCUT2D eigenvalue weighted by Crippen LogP contribution is 2.36. The summed E-state index contributed by atoms with van der Waals surface area (Å²) in [6.45, 7) is 2.08. The van der Waals surface area contributed by atoms with E-state index in [9.17, 15) is 5.11 Å². The zero-order chi connectivity index (χ0) is 23.2. The van der Waals surface area contributed by atoms with Gasteiger partial charge in [0.2, 0.25) is 5.88 Å². The fraction of sp³-hybridized carbons (Fsp3) is 0.320. The Morgan fingerprint density at radius 1 is 1.15 bits per heavy atom. The van der Waals surface area contributed by atoms with Crippen LogP contribution in [0.25, 0.3) is 22.4 Å². The van der Waals surface area contributed by atoms with E-state index < -0.39 is 6.17 Å². The van der Waals surface area contributed by atoms with E-state index in [1.165, 1.54) is 0 Å². The largest absolute Gasteiger partial charge is 0.507 e. The second-order valence-electron chi connectivity index (χ2n) is 8.87. The summed E-state index contributed by atoms with van der Waals surface area (Å²) < 4.78 is 20.2. The first kappa shape index (κ1) is 21.3. The van der Waals surface area contributed by atoms with Gasteiger partial charge in [-0.3, -0.25) is 5.32 Å². The van der Waals surface area contributed by atoms with Crippen LogP contribution < -0.4 is 15.0 Å². The summed E-state index contributed by atoms with van der Waals surface area (Å²) in [5, 5.41) is 22.6. The Balaban J connectivity index is 1.36. The quantitative estimate of drug-likeness (QED) is 0.577. The molecule has 3 aromatic rings. The van der Waals surface area contributed by atoms with Gasteiger partial charge in [0.1, 0.15) is 11.9 Å². The Kier molecular flexibility index (Phi) is 5.25. The van der Waals surface area contributed by atoms with E-state index in [1.54, 1.807) is 37.6 Å². The molecule has 0 radical (unpaired) electrons. The lowest BCUT2D eigenvalue weighted by Gasteiger charge is -2.43. The van der Waals surface area contributed by atoms with Gasteiger partial charge in [0.25, 0.3) is 0 Å². The molecule has 8 heteroatoms. The maximum absolute atomic E-state index is 15.0. The standard InChI is InChI=1S/C25H26FN5O2/c1-25-10-8-19(28-25)24(26)20(14-25)31(2)22-7-6-18(29-30-22)17-5-4-15(12-21(17)32)16-9-11-27-23(13-16)33-3/h4-13,19-20,24,28,32H,14H2,1-3H3/t19-,20+,24-,25+/m0/s1. The Labute approximate surface area is 192 Å². The van der Waals surface area contributed by atoms with Gasteiger partial charge < -0.3 is 14.7 Å². The molecule has 4 heterocycles. The number of hydrogen-bond donors (Lipinski definition) is 2. The van der Waals surface area contributed by atoms with Crippen LogP contribution in [-0.2, 0) is 0 Å². The number of anilines is 1. The topological polar surface area (TPSA) is 83.4 Å². The van der Waals surface area contributed by atoms with Crippen LogP contribution in [0.2, 0.25) is 0 Å². The molecule has 7 nitrogen and oxygen atoms in total. The first-order chi connectivity index (χ1) is 15.9. The van der Waals surface area contributed by atoms with Gasteiger partial charge in [-0.05, 0) is 54.8 Å². The third-order valence-electron chi connectivity index (χ3n) is 6.57. The van der Waals surface area contributed by atoms with Crippen molar-refractivity contribution in [2.75, 3.05) is 19.1 Å². The number of methoxy groups -OCH3 is 1. The molecule has 0 aliphatic carbocycles. The maximum atomic E-state index is 15.0. The number of alkyl halides is 1. The van der Waals surface area contributed by atoms with Crippen LogP contribution in [0.4, 0.5) is 10.2 Å². The molecule has 0 spiro atoms. The number of hydrogen-bond acceptors (Lipinski definition) is 7. The van der Waals surface area contributed by atoms with E-state index in [1.807, 2.05) is 36.2 Å². The number of nitrogens with one attached hydrogen (secondary N) is 1. The van der Waals surface area contributed by atoms with Crippen LogP contribution in [0, 0.1) is 0 Å². The molecule has 1 fully saturated rings. The predicted molar refractivity (Wildman–Crippen MR) is 125 cm³/mol. The number of phenolic OH excluding ortho intramolecular Hbond substituents is 1. The number of ether oxygens (including phenoxy) is 1. The van der Waals surface area contributed by atoms with Crippen LogP contribution in [0.3, 0.4) is 0 Å². The smallest absolute Gasteiger partial charge is 0.213 e. The number of fused-ring (bicyclic) bond motifs is 2. The lowest BCUT2D eigenvalue weighted by atomic mass is 9.87. The number of phenols is 1. The summed E-state index contributed by atoms with van der Waals surface area (Å²) in [5.41, 5.74) is 2.62. The van der Waals surface area contributed by atoms with E-state index >= 15 is 4.39 Å². The number of piperidine rings is 1. The summed E-state index contributed by atoms with van der Waals surface area (Å²) in [6.07, 6.45) is 5.24. The number of nitrogens with zero attached hydrogens (tertiary/aromatic N) is 4. The normalized spacial score (nSPS) is 25.8. The second kappa shape index (κ2) is 8.12. The molecule has 2 aromatic heterocycles. The molecule has 0 amide bonds. The first-order valence-electron chi connectivity index (χ1n) is 10.9. The van der Waals surface area contributed by atoms with Crippen LogP contribution in [0.1, 0.15) is 13.3 Å². The van der Waals surface area contributed by atoms with Gasteiger partial charge >= 0.3 is 0 Å². The highest BCUT2D eigenvalue weighted by atomic mass is 19.1. The molecule has 4 atom stereocenters. The van der Waals surface area contributed by atoms with Gasteiger partial charge in [-0.2, -0.15) is 0 Å². The van der Waals surface area contributed by atoms with Crippen molar-refractivity contribution < 1.29 is 14.2 Å². The van der Waals surface area contributed by atoms with Gasteiger partial charge in [0.05, 0.1) is 24.9 Å². The lowest BCUT2D eigenvalue weighted by molar-refractivity contribution is 0.155. The molecular weight excluding hydrogens is 421 g/mol. The Morgan fingerprint density at radius 2 is 1.97 bits per heavy atom. The molecule has 2 aliphatic heterocycles. The highest BCUT2D eigenvalue weighted by molar-refractivity contribution is 5.74. The third-order valence-corrected chi connectivity index (χ3v) is 6.57. The van der Waals surface area contributed by atoms with E-state index in [0.29, 0.717) is 29.4 Å². The zero-order valence-electron chi connectivity index (χ0n) is 18.7. The summed E-state index contributed by atoms with van der Waals surface area (Å²) in [4.78, 5) is 5.97. The Bertz CT molecular complexity index is 1200. The van der Waals surface area contributed by atoms with Crippen molar-refractivity contribution in [1.82, 2.24) is 20.5 Å². The fourth-order valence-electron chi connectivity index (χ4n) is 4.70. The molecule has 33 heavy (non-hydrogen) atoms. The average molecular weight is 448 g/mol. The SMILES string of the molecule is COc1cc(-c2ccc(-c3ccc(N(C)[C@@H]4C[C@@]5(C)C=C[C@H](N5)[C@@H]4F)nn3)c(O)c2)ccn1. The van der Waals surface area contributed by atoms with Crippen LogP contribution in [-0.4, -0.2) is 58.2 Å². The fourth-order valence-corrected chi connectivity index (χ4v) is 4.70. The predicted octanol–water partition coefficient (Wildman–Crippen LogP) is 3.75. The third kappa shape index (κ3) is 3.91. The van der Waals surface area contributed by atoms with Crippen molar-refractivity contribution in [3.05, 3.63) is 60.8 Å². The van der Waals surface area contributed by atoms with E-state index in [0.717, 1.165) is 11.1 Å². The minimum absolute atomic E-state index is 0.0939. The van der Waals surface area contributed by atoms with Crippen molar-refractivity contribution in [2.24, 2.45) is 0 Å². The molecule has 1 aromatic carbocycles. The van der Waals surface area contributed by atoms with Crippen molar-refractivity contribution in [3.8, 4) is 34.0 Å². The van der Waals surface area contributed by atoms with Crippen LogP contribution in [0.5, 0.6) is 11.6 Å². The molecule has 2 bridgehead atoms. The number of benzene rings is 1. The van der Waals surface area contributed by atoms with Gasteiger partial charge in [0, 0.05) is 30.4 Å². The monoisotopic (exact) mass is 447 g/mol. The molecule has 0 saturated carbocycles. The van der Waals surface area contributed by atoms with E-state index in [-0.39, 0.29) is 23.4 Å². The molecule has 0 unspecified atom stereocenters. The molecule has 5 rings (SSSR count). The minimum Gasteiger partial charge on any atom is -0.507 e. The summed E-state index contributed by atoms with van der Waals surface area (Å²) in [7, 11) is 3.41. The number of halogens is 1. The number of rotatable bonds is 5. The average Bonchev–Trinajstić information content (AvgIpc) is 3.18. The van der Waals surface area contributed by atoms with Crippen molar-refractivity contribution in [3.63, 3.8) is 0 Å². The zero-order valence-corrected chi connectivity index (χ0v) is 18.7. The summed E-state index contributed by atoms with van der Waals surface area (Å²) >= 11 is 0. The number of aromatic hydroxyl groups is 1. The van der Waals surface area contributed by atoms with Crippen molar-refractivity contribution in [2.45, 2.75) is 37.1 Å². The molecule has 2 aliphatic rings. The Morgan fingerprint density at radius 3 is 2.70 bits per heavy atom. The van der Waals surface area contributed by atoms with E-state index in [4.69, 9.17) is 4.74 Å². The summed E-state index contributed by atoms with van der Waals surface area (Å²) in [5.74, 6) is 1.19. The van der Waals surface area contributed by atoms with Gasteiger partial charge in [-0.1, -0.05) is 18.2 Å². The van der Waals surface area contributed by atoms with Crippen LogP contribution >= 0.6 is 0 Å². The first-order valence-corrected chi connectivity index (χ1v) is 10.9. The molecule has 170 valence electrons. The van der Waals surface area contributed by atoms with Crippen molar-refractivity contribution >= 4 is 5.82 Å². The molecular formula is C25H26FN5O2. The van der Waals surface area contributed by atoms with Gasteiger partial charge in [-0.25, -0.2) is 9.37 Å². The second-order valence-corrected chi connectivity index (χ2v) is 8.87. The van der Waals surface area contributed by atoms with Gasteiger partial charge in [0.15, 0.2) is 5.82 Å².